The van der Waals surface area contributed by atoms with Crippen molar-refractivity contribution in [3.05, 3.63) is 70.7 Å². The number of halogens is 1. The Morgan fingerprint density at radius 3 is 2.62 bits per heavy atom. The van der Waals surface area contributed by atoms with Gasteiger partial charge in [0.1, 0.15) is 5.54 Å². The maximum Gasteiger partial charge on any atom is 0.250 e. The highest BCUT2D eigenvalue weighted by Crippen LogP contribution is 2.61. The molecule has 3 fully saturated rings. The zero-order valence-corrected chi connectivity index (χ0v) is 19.3. The summed E-state index contributed by atoms with van der Waals surface area (Å²) in [5.41, 5.74) is 1.64. The first-order valence-corrected chi connectivity index (χ1v) is 12.1. The monoisotopic (exact) mass is 471 g/mol. The molecule has 4 aliphatic rings. The maximum absolute atomic E-state index is 14.1. The van der Waals surface area contributed by atoms with Crippen LogP contribution >= 0.6 is 11.6 Å². The molecular weight excluding hydrogens is 450 g/mol. The number of carbonyl (C=O) groups is 3. The van der Waals surface area contributed by atoms with Gasteiger partial charge in [-0.05, 0) is 66.9 Å². The molecule has 4 aliphatic heterocycles. The van der Waals surface area contributed by atoms with E-state index in [9.17, 15) is 14.4 Å². The van der Waals surface area contributed by atoms with Gasteiger partial charge in [0, 0.05) is 22.3 Å². The highest BCUT2D eigenvalue weighted by molar-refractivity contribution is 6.31. The van der Waals surface area contributed by atoms with E-state index >= 15 is 0 Å². The number of hydrogen-bond acceptors (Lipinski definition) is 4. The van der Waals surface area contributed by atoms with E-state index in [1.54, 1.807) is 6.07 Å². The molecule has 7 heteroatoms. The molecule has 0 radical (unpaired) electrons. The molecule has 0 saturated carbocycles. The lowest BCUT2D eigenvalue weighted by Gasteiger charge is -2.36. The van der Waals surface area contributed by atoms with Crippen LogP contribution in [0.5, 0.6) is 0 Å². The third-order valence-electron chi connectivity index (χ3n) is 8.25. The molecule has 0 aliphatic carbocycles. The maximum atomic E-state index is 14.1. The van der Waals surface area contributed by atoms with E-state index in [0.29, 0.717) is 22.9 Å². The Kier molecular flexibility index (Phi) is 3.96. The van der Waals surface area contributed by atoms with Crippen molar-refractivity contribution in [2.45, 2.75) is 31.3 Å². The van der Waals surface area contributed by atoms with Crippen molar-refractivity contribution < 1.29 is 14.4 Å². The second-order valence-corrected chi connectivity index (χ2v) is 10.3. The summed E-state index contributed by atoms with van der Waals surface area (Å²) in [7, 11) is 0. The molecule has 0 bridgehead atoms. The average Bonchev–Trinajstić information content (AvgIpc) is 3.52. The van der Waals surface area contributed by atoms with Crippen LogP contribution in [0.15, 0.2) is 54.6 Å². The predicted octanol–water partition coefficient (Wildman–Crippen LogP) is 4.23. The van der Waals surface area contributed by atoms with E-state index in [2.05, 4.69) is 10.2 Å². The van der Waals surface area contributed by atoms with Gasteiger partial charge in [-0.2, -0.15) is 0 Å². The lowest BCUT2D eigenvalue weighted by Crippen LogP contribution is -2.54. The molecule has 3 amide bonds. The Morgan fingerprint density at radius 2 is 1.79 bits per heavy atom. The average molecular weight is 472 g/mol. The van der Waals surface area contributed by atoms with Gasteiger partial charge < -0.3 is 5.32 Å². The predicted molar refractivity (Wildman–Crippen MR) is 130 cm³/mol. The van der Waals surface area contributed by atoms with Crippen LogP contribution in [0, 0.1) is 18.8 Å². The fourth-order valence-corrected chi connectivity index (χ4v) is 7.28. The van der Waals surface area contributed by atoms with Crippen LogP contribution in [0.3, 0.4) is 0 Å². The van der Waals surface area contributed by atoms with Crippen molar-refractivity contribution in [2.75, 3.05) is 16.8 Å². The second kappa shape index (κ2) is 6.68. The van der Waals surface area contributed by atoms with Gasteiger partial charge in [0.15, 0.2) is 0 Å². The molecule has 4 heterocycles. The summed E-state index contributed by atoms with van der Waals surface area (Å²) in [4.78, 5) is 45.2. The summed E-state index contributed by atoms with van der Waals surface area (Å²) in [6.07, 6.45) is 1.67. The number of carbonyl (C=O) groups excluding carboxylic acids is 3. The molecular formula is C27H22ClN3O3. The molecule has 0 aromatic heterocycles. The number of rotatable bonds is 1. The third-order valence-corrected chi connectivity index (χ3v) is 8.47. The van der Waals surface area contributed by atoms with Crippen LogP contribution in [-0.2, 0) is 19.9 Å². The van der Waals surface area contributed by atoms with Crippen LogP contribution < -0.4 is 10.2 Å². The van der Waals surface area contributed by atoms with E-state index in [0.717, 1.165) is 34.7 Å². The Labute approximate surface area is 201 Å². The fraction of sp³-hybridized carbons (Fsp3) is 0.296. The summed E-state index contributed by atoms with van der Waals surface area (Å²) in [6.45, 7) is 2.58. The topological polar surface area (TPSA) is 69.7 Å². The van der Waals surface area contributed by atoms with Crippen LogP contribution in [0.2, 0.25) is 5.02 Å². The number of hydrogen-bond donors (Lipinski definition) is 1. The van der Waals surface area contributed by atoms with Gasteiger partial charge in [0.2, 0.25) is 17.7 Å². The van der Waals surface area contributed by atoms with Gasteiger partial charge in [-0.15, -0.1) is 0 Å². The summed E-state index contributed by atoms with van der Waals surface area (Å²) < 4.78 is 0. The molecule has 7 rings (SSSR count). The number of imide groups is 1. The molecule has 3 saturated heterocycles. The zero-order valence-electron chi connectivity index (χ0n) is 18.5. The Hall–Kier alpha value is -3.22. The standard InChI is InChI=1S/C27H22ClN3O3/c1-14-11-17(28)13-19-23(14)29-26(34)27(19)22-21(20-7-4-10-30(20)27)24(32)31(25(22)33)18-9-8-15-5-2-3-6-16(15)12-18/h2-3,5-6,8-9,11-13,20-22H,4,7,10H2,1H3,(H,29,34). The Balaban J connectivity index is 1.43. The lowest BCUT2D eigenvalue weighted by molar-refractivity contribution is -0.135. The first-order chi connectivity index (χ1) is 16.4. The van der Waals surface area contributed by atoms with Crippen LogP contribution in [-0.4, -0.2) is 35.2 Å². The van der Waals surface area contributed by atoms with Crippen molar-refractivity contribution in [1.29, 1.82) is 0 Å². The number of nitrogens with one attached hydrogen (secondary N) is 1. The summed E-state index contributed by atoms with van der Waals surface area (Å²) >= 11 is 6.45. The highest BCUT2D eigenvalue weighted by Gasteiger charge is 2.74. The minimum absolute atomic E-state index is 0.150. The molecule has 3 aromatic carbocycles. The first kappa shape index (κ1) is 20.2. The smallest absolute Gasteiger partial charge is 0.250 e. The Morgan fingerprint density at radius 1 is 1.00 bits per heavy atom. The molecule has 1 N–H and O–H groups in total. The van der Waals surface area contributed by atoms with Gasteiger partial charge in [0.05, 0.1) is 17.5 Å². The summed E-state index contributed by atoms with van der Waals surface area (Å²) in [6, 6.07) is 17.0. The SMILES string of the molecule is Cc1cc(Cl)cc2c1NC(=O)C21C2C(=O)N(c3ccc4ccccc4c3)C(=O)C2C2CCCN21. The number of aryl methyl sites for hydroxylation is 1. The molecule has 4 unspecified atom stereocenters. The van der Waals surface area contributed by atoms with Gasteiger partial charge in [0.25, 0.3) is 0 Å². The van der Waals surface area contributed by atoms with Crippen molar-refractivity contribution in [2.24, 2.45) is 11.8 Å². The second-order valence-electron chi connectivity index (χ2n) is 9.82. The number of benzene rings is 3. The van der Waals surface area contributed by atoms with Crippen LogP contribution in [0.1, 0.15) is 24.0 Å². The van der Waals surface area contributed by atoms with E-state index in [1.807, 2.05) is 55.5 Å². The van der Waals surface area contributed by atoms with Crippen molar-refractivity contribution in [3.8, 4) is 0 Å². The van der Waals surface area contributed by atoms with Crippen molar-refractivity contribution >= 4 is 51.5 Å². The minimum Gasteiger partial charge on any atom is -0.324 e. The van der Waals surface area contributed by atoms with Crippen molar-refractivity contribution in [3.63, 3.8) is 0 Å². The first-order valence-electron chi connectivity index (χ1n) is 11.7. The van der Waals surface area contributed by atoms with Gasteiger partial charge in [-0.1, -0.05) is 41.9 Å². The largest absolute Gasteiger partial charge is 0.324 e. The van der Waals surface area contributed by atoms with E-state index in [4.69, 9.17) is 11.6 Å². The lowest BCUT2D eigenvalue weighted by atomic mass is 9.75. The highest BCUT2D eigenvalue weighted by atomic mass is 35.5. The van der Waals surface area contributed by atoms with Gasteiger partial charge >= 0.3 is 0 Å². The van der Waals surface area contributed by atoms with Crippen LogP contribution in [0.4, 0.5) is 11.4 Å². The summed E-state index contributed by atoms with van der Waals surface area (Å²) in [5, 5.41) is 5.57. The molecule has 4 atom stereocenters. The zero-order chi connectivity index (χ0) is 23.4. The quantitative estimate of drug-likeness (QED) is 0.539. The fourth-order valence-electron chi connectivity index (χ4n) is 7.01. The number of amides is 3. The number of nitrogens with zero attached hydrogens (tertiary/aromatic N) is 2. The summed E-state index contributed by atoms with van der Waals surface area (Å²) in [5.74, 6) is -2.08. The van der Waals surface area contributed by atoms with Gasteiger partial charge in [-0.3, -0.25) is 19.3 Å². The minimum atomic E-state index is -1.21. The number of fused-ring (bicyclic) bond motifs is 8. The third kappa shape index (κ3) is 2.28. The Bertz CT molecular complexity index is 1450. The van der Waals surface area contributed by atoms with Gasteiger partial charge in [-0.25, -0.2) is 4.90 Å². The molecule has 6 nitrogen and oxygen atoms in total. The van der Waals surface area contributed by atoms with Crippen molar-refractivity contribution in [1.82, 2.24) is 4.90 Å². The van der Waals surface area contributed by atoms with E-state index in [1.165, 1.54) is 4.90 Å². The van der Waals surface area contributed by atoms with Crippen LogP contribution in [0.25, 0.3) is 10.8 Å². The normalized spacial score (nSPS) is 29.8. The molecule has 170 valence electrons. The number of anilines is 2. The molecule has 3 aromatic rings. The molecule has 1 spiro atoms. The molecule has 34 heavy (non-hydrogen) atoms. The van der Waals surface area contributed by atoms with E-state index in [-0.39, 0.29) is 23.8 Å². The van der Waals surface area contributed by atoms with E-state index < -0.39 is 17.4 Å².